The van der Waals surface area contributed by atoms with Crippen molar-refractivity contribution < 1.29 is 32.2 Å². The Morgan fingerprint density at radius 2 is 2.03 bits per heavy atom. The molecule has 0 aliphatic carbocycles. The number of hydrogen-bond donors (Lipinski definition) is 2. The minimum absolute atomic E-state index is 0.111. The molecule has 8 nitrogen and oxygen atoms in total. The summed E-state index contributed by atoms with van der Waals surface area (Å²) in [6.45, 7) is 2.19. The Morgan fingerprint density at radius 1 is 1.29 bits per heavy atom. The molecule has 2 atom stereocenters. The predicted molar refractivity (Wildman–Crippen MR) is 118 cm³/mol. The summed E-state index contributed by atoms with van der Waals surface area (Å²) in [7, 11) is 1.78. The van der Waals surface area contributed by atoms with Crippen LogP contribution in [0.2, 0.25) is 0 Å². The fourth-order valence-electron chi connectivity index (χ4n) is 3.68. The lowest BCUT2D eigenvalue weighted by Crippen LogP contribution is -2.60. The van der Waals surface area contributed by atoms with E-state index in [9.17, 15) is 22.8 Å². The van der Waals surface area contributed by atoms with Gasteiger partial charge in [-0.3, -0.25) is 19.5 Å². The molecule has 2 saturated heterocycles. The first-order valence-corrected chi connectivity index (χ1v) is 10.7. The molecule has 2 aliphatic rings. The van der Waals surface area contributed by atoms with Crippen LogP contribution < -0.4 is 15.8 Å². The van der Waals surface area contributed by atoms with Gasteiger partial charge in [0.1, 0.15) is 18.4 Å². The molecule has 1 aromatic carbocycles. The van der Waals surface area contributed by atoms with Crippen molar-refractivity contribution in [3.05, 3.63) is 53.9 Å². The number of amides is 2. The van der Waals surface area contributed by atoms with Crippen LogP contribution >= 0.6 is 0 Å². The van der Waals surface area contributed by atoms with Crippen molar-refractivity contribution in [1.82, 2.24) is 9.88 Å². The third-order valence-corrected chi connectivity index (χ3v) is 5.31. The molecule has 2 fully saturated rings. The van der Waals surface area contributed by atoms with Gasteiger partial charge in [-0.05, 0) is 51.1 Å². The van der Waals surface area contributed by atoms with Crippen LogP contribution in [0.5, 0.6) is 5.75 Å². The van der Waals surface area contributed by atoms with Crippen molar-refractivity contribution in [2.75, 3.05) is 32.1 Å². The van der Waals surface area contributed by atoms with Crippen LogP contribution in [0, 0.1) is 11.6 Å². The van der Waals surface area contributed by atoms with E-state index in [1.54, 1.807) is 18.0 Å². The number of carbonyl (C=O) groups is 2. The van der Waals surface area contributed by atoms with Gasteiger partial charge in [-0.25, -0.2) is 8.78 Å². The molecule has 3 N–H and O–H groups in total. The van der Waals surface area contributed by atoms with Gasteiger partial charge in [0, 0.05) is 25.0 Å². The number of nitrogens with two attached hydrogens (primary N) is 1. The summed E-state index contributed by atoms with van der Waals surface area (Å²) >= 11 is 0. The molecule has 2 unspecified atom stereocenters. The van der Waals surface area contributed by atoms with Crippen molar-refractivity contribution >= 4 is 17.5 Å². The number of rotatable bonds is 6. The lowest BCUT2D eigenvalue weighted by atomic mass is 9.99. The molecule has 2 amide bonds. The van der Waals surface area contributed by atoms with Gasteiger partial charge in [0.05, 0.1) is 6.10 Å². The van der Waals surface area contributed by atoms with E-state index in [1.807, 2.05) is 6.92 Å². The number of nitrogens with zero attached hydrogens (tertiary/aromatic N) is 2. The highest BCUT2D eigenvalue weighted by atomic mass is 19.2. The number of hydrogen-bond acceptors (Lipinski definition) is 6. The molecular weight excluding hydrogens is 453 g/mol. The fourth-order valence-corrected chi connectivity index (χ4v) is 3.68. The molecule has 1 aromatic heterocycles. The summed E-state index contributed by atoms with van der Waals surface area (Å²) in [4.78, 5) is 28.4. The number of nitrogens with one attached hydrogen (secondary N) is 1. The molecule has 3 heterocycles. The number of halogens is 3. The number of carbonyl (C=O) groups excluding carboxylic acids is 2. The largest absolute Gasteiger partial charge is 0.487 e. The number of primary amides is 1. The molecule has 0 spiro atoms. The van der Waals surface area contributed by atoms with Gasteiger partial charge in [-0.15, -0.1) is 0 Å². The van der Waals surface area contributed by atoms with Crippen LogP contribution in [0.25, 0.3) is 0 Å². The first-order chi connectivity index (χ1) is 16.1. The molecular formula is C23H27F3N4O4. The van der Waals surface area contributed by atoms with Crippen LogP contribution in [0.3, 0.4) is 0 Å². The highest BCUT2D eigenvalue weighted by Crippen LogP contribution is 2.26. The zero-order valence-corrected chi connectivity index (χ0v) is 18.9. The van der Waals surface area contributed by atoms with Gasteiger partial charge < -0.3 is 20.5 Å². The van der Waals surface area contributed by atoms with E-state index in [0.717, 1.165) is 12.5 Å². The molecule has 11 heteroatoms. The van der Waals surface area contributed by atoms with Crippen LogP contribution in [0.15, 0.2) is 36.5 Å². The summed E-state index contributed by atoms with van der Waals surface area (Å²) in [5.41, 5.74) is 4.28. The molecule has 2 aromatic rings. The minimum atomic E-state index is -1.45. The highest BCUT2D eigenvalue weighted by Gasteiger charge is 2.42. The number of pyridine rings is 1. The summed E-state index contributed by atoms with van der Waals surface area (Å²) in [5.74, 6) is -3.14. The summed E-state index contributed by atoms with van der Waals surface area (Å²) in [5, 5.41) is 2.69. The fraction of sp³-hybridized carbons (Fsp3) is 0.435. The van der Waals surface area contributed by atoms with E-state index in [0.29, 0.717) is 12.1 Å². The maximum Gasteiger partial charge on any atom is 0.267 e. The van der Waals surface area contributed by atoms with Crippen molar-refractivity contribution in [1.29, 1.82) is 0 Å². The number of benzene rings is 1. The van der Waals surface area contributed by atoms with Gasteiger partial charge in [-0.1, -0.05) is 6.07 Å². The molecule has 0 radical (unpaired) electrons. The van der Waals surface area contributed by atoms with E-state index >= 15 is 0 Å². The lowest BCUT2D eigenvalue weighted by Gasteiger charge is -2.41. The number of aromatic nitrogens is 1. The average molecular weight is 480 g/mol. The summed E-state index contributed by atoms with van der Waals surface area (Å²) in [6.07, 6.45) is 2.69. The Balaban J connectivity index is 0.000000192. The average Bonchev–Trinajstić information content (AvgIpc) is 3.21. The lowest BCUT2D eigenvalue weighted by molar-refractivity contribution is -0.126. The normalized spacial score (nSPS) is 21.1. The Morgan fingerprint density at radius 3 is 2.65 bits per heavy atom. The Bertz CT molecular complexity index is 1030. The number of alkyl halides is 1. The molecule has 2 aliphatic heterocycles. The highest BCUT2D eigenvalue weighted by molar-refractivity contribution is 5.96. The van der Waals surface area contributed by atoms with E-state index < -0.39 is 29.3 Å². The monoisotopic (exact) mass is 480 g/mol. The number of ether oxygens (including phenoxy) is 2. The second-order valence-corrected chi connectivity index (χ2v) is 8.46. The van der Waals surface area contributed by atoms with Gasteiger partial charge in [-0.2, -0.15) is 4.39 Å². The zero-order chi connectivity index (χ0) is 24.9. The third-order valence-electron chi connectivity index (χ3n) is 5.31. The van der Waals surface area contributed by atoms with Crippen LogP contribution in [0.1, 0.15) is 30.3 Å². The SMILES string of the molecule is CC1CCC(C(=O)Nc2ccnc(C(N)=O)c2)O1.CN1CC(F)(COc2cccc(F)c2F)C1. The topological polar surface area (TPSA) is 107 Å². The molecule has 0 saturated carbocycles. The maximum atomic E-state index is 13.7. The molecule has 4 rings (SSSR count). The zero-order valence-electron chi connectivity index (χ0n) is 18.9. The van der Waals surface area contributed by atoms with Crippen molar-refractivity contribution in [2.45, 2.75) is 37.6 Å². The van der Waals surface area contributed by atoms with E-state index in [-0.39, 0.29) is 43.2 Å². The quantitative estimate of drug-likeness (QED) is 0.659. The van der Waals surface area contributed by atoms with Crippen molar-refractivity contribution in [3.63, 3.8) is 0 Å². The van der Waals surface area contributed by atoms with E-state index in [1.165, 1.54) is 24.4 Å². The van der Waals surface area contributed by atoms with Gasteiger partial charge in [0.25, 0.3) is 11.8 Å². The Hall–Kier alpha value is -3.18. The molecule has 184 valence electrons. The van der Waals surface area contributed by atoms with E-state index in [4.69, 9.17) is 15.2 Å². The predicted octanol–water partition coefficient (Wildman–Crippen LogP) is 2.68. The van der Waals surface area contributed by atoms with Crippen LogP contribution in [0.4, 0.5) is 18.9 Å². The second kappa shape index (κ2) is 10.8. The Labute approximate surface area is 195 Å². The van der Waals surface area contributed by atoms with Gasteiger partial charge in [0.15, 0.2) is 17.2 Å². The van der Waals surface area contributed by atoms with Gasteiger partial charge in [0.2, 0.25) is 5.82 Å². The van der Waals surface area contributed by atoms with Crippen molar-refractivity contribution in [2.24, 2.45) is 5.73 Å². The smallest absolute Gasteiger partial charge is 0.267 e. The number of anilines is 1. The van der Waals surface area contributed by atoms with Crippen LogP contribution in [-0.4, -0.2) is 66.3 Å². The molecule has 0 bridgehead atoms. The van der Waals surface area contributed by atoms with E-state index in [2.05, 4.69) is 10.3 Å². The third kappa shape index (κ3) is 6.67. The number of likely N-dealkylation sites (tertiary alicyclic amines) is 1. The summed E-state index contributed by atoms with van der Waals surface area (Å²) in [6, 6.07) is 6.64. The van der Waals surface area contributed by atoms with Gasteiger partial charge >= 0.3 is 0 Å². The van der Waals surface area contributed by atoms with Crippen molar-refractivity contribution in [3.8, 4) is 5.75 Å². The summed E-state index contributed by atoms with van der Waals surface area (Å²) < 4.78 is 50.0. The minimum Gasteiger partial charge on any atom is -0.487 e. The van der Waals surface area contributed by atoms with Crippen LogP contribution in [-0.2, 0) is 9.53 Å². The first-order valence-electron chi connectivity index (χ1n) is 10.7. The standard InChI is InChI=1S/C12H15N3O3.C11H12F3NO/c1-7-2-3-10(18-7)12(17)15-8-4-5-14-9(6-8)11(13)16;1-15-5-11(14,6-15)7-16-9-4-2-3-8(12)10(9)13/h4-7,10H,2-3H2,1H3,(H2,13,16)(H,14,15,17);2-4H,5-7H2,1H3. The maximum absolute atomic E-state index is 13.7. The Kier molecular flexibility index (Phi) is 8.11. The first kappa shape index (κ1) is 25.4. The second-order valence-electron chi connectivity index (χ2n) is 8.46. The molecule has 34 heavy (non-hydrogen) atoms.